The van der Waals surface area contributed by atoms with Gasteiger partial charge >= 0.3 is 5.97 Å². The molecule has 0 aliphatic carbocycles. The first kappa shape index (κ1) is 19.6. The Morgan fingerprint density at radius 1 is 1.15 bits per heavy atom. The van der Waals surface area contributed by atoms with Crippen LogP contribution in [0.1, 0.15) is 22.8 Å². The Kier molecular flexibility index (Phi) is 6.61. The highest BCUT2D eigenvalue weighted by atomic mass is 19.1. The molecule has 138 valence electrons. The topological polar surface area (TPSA) is 108 Å². The minimum atomic E-state index is -1.11. The van der Waals surface area contributed by atoms with Crippen molar-refractivity contribution in [3.8, 4) is 6.07 Å². The fourth-order valence-electron chi connectivity index (χ4n) is 2.06. The van der Waals surface area contributed by atoms with Gasteiger partial charge in [0.2, 0.25) is 0 Å². The third kappa shape index (κ3) is 5.64. The number of carbonyl (C=O) groups is 3. The standard InChI is InChI=1S/C19H16FN3O4/c1-12(18(25)23-14-8-6-13(10-21)7-9-14)27-17(24)11-22-19(26)15-4-2-3-5-16(15)20/h2-9,12H,11H2,1H3,(H,22,26)(H,23,25)/t12-/m1/s1. The number of nitrogens with one attached hydrogen (secondary N) is 2. The highest BCUT2D eigenvalue weighted by Gasteiger charge is 2.19. The number of anilines is 1. The lowest BCUT2D eigenvalue weighted by Gasteiger charge is -2.14. The predicted octanol–water partition coefficient (Wildman–Crippen LogP) is 2.00. The summed E-state index contributed by atoms with van der Waals surface area (Å²) in [5.74, 6) is -2.89. The largest absolute Gasteiger partial charge is 0.451 e. The molecule has 27 heavy (non-hydrogen) atoms. The first-order chi connectivity index (χ1) is 12.9. The first-order valence-electron chi connectivity index (χ1n) is 7.94. The van der Waals surface area contributed by atoms with E-state index in [9.17, 15) is 18.8 Å². The van der Waals surface area contributed by atoms with E-state index >= 15 is 0 Å². The van der Waals surface area contributed by atoms with Gasteiger partial charge in [0.1, 0.15) is 12.4 Å². The van der Waals surface area contributed by atoms with Crippen molar-refractivity contribution in [2.24, 2.45) is 0 Å². The second kappa shape index (κ2) is 9.10. The molecule has 0 heterocycles. The first-order valence-corrected chi connectivity index (χ1v) is 7.94. The van der Waals surface area contributed by atoms with Crippen molar-refractivity contribution in [2.75, 3.05) is 11.9 Å². The Balaban J connectivity index is 1.82. The molecule has 0 unspecified atom stereocenters. The van der Waals surface area contributed by atoms with Gasteiger partial charge in [-0.3, -0.25) is 14.4 Å². The van der Waals surface area contributed by atoms with Crippen LogP contribution in [0.5, 0.6) is 0 Å². The van der Waals surface area contributed by atoms with Gasteiger partial charge in [-0.1, -0.05) is 12.1 Å². The van der Waals surface area contributed by atoms with Crippen LogP contribution in [0.25, 0.3) is 0 Å². The summed E-state index contributed by atoms with van der Waals surface area (Å²) >= 11 is 0. The van der Waals surface area contributed by atoms with Gasteiger partial charge in [-0.15, -0.1) is 0 Å². The molecule has 0 fully saturated rings. The molecule has 8 heteroatoms. The number of nitrogens with zero attached hydrogens (tertiary/aromatic N) is 1. The third-order valence-corrected chi connectivity index (χ3v) is 3.47. The summed E-state index contributed by atoms with van der Waals surface area (Å²) in [4.78, 5) is 35.6. The zero-order valence-electron chi connectivity index (χ0n) is 14.4. The van der Waals surface area contributed by atoms with Gasteiger partial charge in [0, 0.05) is 5.69 Å². The maximum Gasteiger partial charge on any atom is 0.326 e. The van der Waals surface area contributed by atoms with Crippen LogP contribution in [0.2, 0.25) is 0 Å². The number of nitriles is 1. The highest BCUT2D eigenvalue weighted by Crippen LogP contribution is 2.10. The fraction of sp³-hybridized carbons (Fsp3) is 0.158. The quantitative estimate of drug-likeness (QED) is 0.757. The van der Waals surface area contributed by atoms with Crippen LogP contribution in [0.15, 0.2) is 48.5 Å². The van der Waals surface area contributed by atoms with Crippen LogP contribution in [-0.4, -0.2) is 30.4 Å². The van der Waals surface area contributed by atoms with Crippen molar-refractivity contribution in [2.45, 2.75) is 13.0 Å². The monoisotopic (exact) mass is 369 g/mol. The number of amides is 2. The molecule has 2 amide bonds. The Labute approximate surface area is 154 Å². The molecule has 0 aromatic heterocycles. The molecular formula is C19H16FN3O4. The van der Waals surface area contributed by atoms with E-state index < -0.39 is 36.2 Å². The number of hydrogen-bond donors (Lipinski definition) is 2. The number of halogens is 1. The minimum absolute atomic E-state index is 0.197. The minimum Gasteiger partial charge on any atom is -0.451 e. The van der Waals surface area contributed by atoms with E-state index in [0.29, 0.717) is 11.3 Å². The molecule has 2 N–H and O–H groups in total. The Morgan fingerprint density at radius 2 is 1.81 bits per heavy atom. The van der Waals surface area contributed by atoms with Crippen molar-refractivity contribution in [1.29, 1.82) is 5.26 Å². The van der Waals surface area contributed by atoms with Gasteiger partial charge in [-0.05, 0) is 43.3 Å². The van der Waals surface area contributed by atoms with Gasteiger partial charge in [-0.2, -0.15) is 5.26 Å². The molecule has 2 aromatic carbocycles. The zero-order chi connectivity index (χ0) is 19.8. The van der Waals surface area contributed by atoms with Gasteiger partial charge < -0.3 is 15.4 Å². The number of benzene rings is 2. The van der Waals surface area contributed by atoms with E-state index in [-0.39, 0.29) is 5.56 Å². The van der Waals surface area contributed by atoms with Crippen LogP contribution in [0.4, 0.5) is 10.1 Å². The second-order valence-corrected chi connectivity index (χ2v) is 5.47. The second-order valence-electron chi connectivity index (χ2n) is 5.47. The van der Waals surface area contributed by atoms with Crippen LogP contribution >= 0.6 is 0 Å². The van der Waals surface area contributed by atoms with Crippen molar-refractivity contribution in [3.63, 3.8) is 0 Å². The lowest BCUT2D eigenvalue weighted by molar-refractivity contribution is -0.152. The van der Waals surface area contributed by atoms with Crippen molar-refractivity contribution in [1.82, 2.24) is 5.32 Å². The fourth-order valence-corrected chi connectivity index (χ4v) is 2.06. The number of hydrogen-bond acceptors (Lipinski definition) is 5. The third-order valence-electron chi connectivity index (χ3n) is 3.47. The maximum absolute atomic E-state index is 13.5. The maximum atomic E-state index is 13.5. The molecule has 0 saturated carbocycles. The number of esters is 1. The summed E-state index contributed by atoms with van der Waals surface area (Å²) in [6, 6.07) is 13.4. The highest BCUT2D eigenvalue weighted by molar-refractivity contribution is 5.97. The average Bonchev–Trinajstić information content (AvgIpc) is 2.67. The lowest BCUT2D eigenvalue weighted by atomic mass is 10.2. The Morgan fingerprint density at radius 3 is 2.44 bits per heavy atom. The molecule has 0 bridgehead atoms. The number of carbonyl (C=O) groups excluding carboxylic acids is 3. The number of rotatable bonds is 6. The molecule has 0 spiro atoms. The average molecular weight is 369 g/mol. The summed E-state index contributed by atoms with van der Waals surface area (Å²) in [6.07, 6.45) is -1.11. The predicted molar refractivity (Wildman–Crippen MR) is 94.1 cm³/mol. The van der Waals surface area contributed by atoms with Crippen LogP contribution < -0.4 is 10.6 Å². The van der Waals surface area contributed by atoms with Crippen molar-refractivity contribution < 1.29 is 23.5 Å². The molecule has 1 atom stereocenters. The smallest absolute Gasteiger partial charge is 0.326 e. The van der Waals surface area contributed by atoms with E-state index in [1.165, 1.54) is 37.3 Å². The van der Waals surface area contributed by atoms with Crippen LogP contribution in [-0.2, 0) is 14.3 Å². The van der Waals surface area contributed by atoms with E-state index in [4.69, 9.17) is 10.00 Å². The van der Waals surface area contributed by atoms with E-state index in [0.717, 1.165) is 6.07 Å². The summed E-state index contributed by atoms with van der Waals surface area (Å²) in [5, 5.41) is 13.5. The summed E-state index contributed by atoms with van der Waals surface area (Å²) in [5.41, 5.74) is 0.685. The van der Waals surface area contributed by atoms with Gasteiger partial charge in [-0.25, -0.2) is 4.39 Å². The molecule has 0 radical (unpaired) electrons. The summed E-state index contributed by atoms with van der Waals surface area (Å²) < 4.78 is 18.4. The molecule has 2 aromatic rings. The molecular weight excluding hydrogens is 353 g/mol. The van der Waals surface area contributed by atoms with Gasteiger partial charge in [0.25, 0.3) is 11.8 Å². The number of ether oxygens (including phenoxy) is 1. The Hall–Kier alpha value is -3.73. The van der Waals surface area contributed by atoms with Crippen LogP contribution in [0.3, 0.4) is 0 Å². The molecule has 0 saturated heterocycles. The Bertz CT molecular complexity index is 891. The normalized spacial score (nSPS) is 11.0. The molecule has 7 nitrogen and oxygen atoms in total. The lowest BCUT2D eigenvalue weighted by Crippen LogP contribution is -2.36. The van der Waals surface area contributed by atoms with E-state index in [1.807, 2.05) is 6.07 Å². The zero-order valence-corrected chi connectivity index (χ0v) is 14.4. The van der Waals surface area contributed by atoms with Gasteiger partial charge in [0.05, 0.1) is 17.2 Å². The van der Waals surface area contributed by atoms with Crippen LogP contribution in [0, 0.1) is 17.1 Å². The molecule has 0 aliphatic heterocycles. The summed E-state index contributed by atoms with van der Waals surface area (Å²) in [6.45, 7) is 0.858. The SMILES string of the molecule is C[C@@H](OC(=O)CNC(=O)c1ccccc1F)C(=O)Nc1ccc(C#N)cc1. The van der Waals surface area contributed by atoms with Gasteiger partial charge in [0.15, 0.2) is 6.10 Å². The van der Waals surface area contributed by atoms with E-state index in [1.54, 1.807) is 12.1 Å². The molecule has 0 aliphatic rings. The van der Waals surface area contributed by atoms with Crippen molar-refractivity contribution in [3.05, 3.63) is 65.5 Å². The van der Waals surface area contributed by atoms with E-state index in [2.05, 4.69) is 10.6 Å². The summed E-state index contributed by atoms with van der Waals surface area (Å²) in [7, 11) is 0. The van der Waals surface area contributed by atoms with Crippen molar-refractivity contribution >= 4 is 23.5 Å². The molecule has 2 rings (SSSR count).